The van der Waals surface area contributed by atoms with Gasteiger partial charge >= 0.3 is 0 Å². The van der Waals surface area contributed by atoms with Gasteiger partial charge in [0.25, 0.3) is 10.0 Å². The van der Waals surface area contributed by atoms with Crippen LogP contribution in [0.2, 0.25) is 0 Å². The number of hydrogen-bond acceptors (Lipinski definition) is 4. The maximum absolute atomic E-state index is 12.3. The maximum Gasteiger partial charge on any atom is 0.262 e. The van der Waals surface area contributed by atoms with Crippen LogP contribution in [0.15, 0.2) is 39.8 Å². The minimum Gasteiger partial charge on any atom is -0.384 e. The van der Waals surface area contributed by atoms with Gasteiger partial charge in [0, 0.05) is 16.7 Å². The fourth-order valence-corrected chi connectivity index (χ4v) is 3.77. The number of anilines is 2. The van der Waals surface area contributed by atoms with Gasteiger partial charge in [0.05, 0.1) is 10.6 Å². The first-order valence-electron chi connectivity index (χ1n) is 5.81. The molecular formula is C13H14BrN3O2S. The van der Waals surface area contributed by atoms with E-state index in [0.717, 1.165) is 15.6 Å². The highest BCUT2D eigenvalue weighted by Gasteiger charge is 2.17. The number of aryl methyl sites for hydroxylation is 2. The Morgan fingerprint density at radius 2 is 1.80 bits per heavy atom. The SMILES string of the molecule is Cc1cc(Br)cc(C)c1NS(=O)(=O)c1ccnc(N)c1. The molecule has 2 rings (SSSR count). The fourth-order valence-electron chi connectivity index (χ4n) is 1.86. The van der Waals surface area contributed by atoms with Crippen LogP contribution in [0.1, 0.15) is 11.1 Å². The van der Waals surface area contributed by atoms with Crippen LogP contribution in [-0.2, 0) is 10.0 Å². The molecule has 0 spiro atoms. The van der Waals surface area contributed by atoms with Crippen LogP contribution in [0.5, 0.6) is 0 Å². The fraction of sp³-hybridized carbons (Fsp3) is 0.154. The largest absolute Gasteiger partial charge is 0.384 e. The number of pyridine rings is 1. The van der Waals surface area contributed by atoms with Gasteiger partial charge in [-0.1, -0.05) is 15.9 Å². The van der Waals surface area contributed by atoms with Crippen molar-refractivity contribution in [2.45, 2.75) is 18.7 Å². The molecule has 0 radical (unpaired) electrons. The normalized spacial score (nSPS) is 11.3. The number of halogens is 1. The molecule has 0 bridgehead atoms. The molecule has 0 aliphatic rings. The summed E-state index contributed by atoms with van der Waals surface area (Å²) in [5.74, 6) is 0.164. The molecule has 5 nitrogen and oxygen atoms in total. The summed E-state index contributed by atoms with van der Waals surface area (Å²) in [6, 6.07) is 6.44. The van der Waals surface area contributed by atoms with Gasteiger partial charge in [0.2, 0.25) is 0 Å². The highest BCUT2D eigenvalue weighted by molar-refractivity contribution is 9.10. The van der Waals surface area contributed by atoms with Crippen LogP contribution >= 0.6 is 15.9 Å². The predicted molar refractivity (Wildman–Crippen MR) is 83.1 cm³/mol. The second kappa shape index (κ2) is 5.41. The van der Waals surface area contributed by atoms with Gasteiger partial charge < -0.3 is 5.73 Å². The highest BCUT2D eigenvalue weighted by atomic mass is 79.9. The third-order valence-electron chi connectivity index (χ3n) is 2.80. The lowest BCUT2D eigenvalue weighted by Gasteiger charge is -2.14. The number of nitrogens with two attached hydrogens (primary N) is 1. The highest BCUT2D eigenvalue weighted by Crippen LogP contribution is 2.27. The van der Waals surface area contributed by atoms with Crippen LogP contribution in [0, 0.1) is 13.8 Å². The summed E-state index contributed by atoms with van der Waals surface area (Å²) in [4.78, 5) is 3.88. The number of sulfonamides is 1. The second-order valence-electron chi connectivity index (χ2n) is 4.44. The van der Waals surface area contributed by atoms with Crippen molar-refractivity contribution in [1.82, 2.24) is 4.98 Å². The first-order chi connectivity index (χ1) is 9.29. The molecule has 0 aliphatic carbocycles. The minimum absolute atomic E-state index is 0.0896. The topological polar surface area (TPSA) is 85.1 Å². The number of nitrogen functional groups attached to an aromatic ring is 1. The number of benzene rings is 1. The van der Waals surface area contributed by atoms with Crippen molar-refractivity contribution in [1.29, 1.82) is 0 Å². The number of hydrogen-bond donors (Lipinski definition) is 2. The lowest BCUT2D eigenvalue weighted by Crippen LogP contribution is -2.15. The summed E-state index contributed by atoms with van der Waals surface area (Å²) in [7, 11) is -3.68. The van der Waals surface area contributed by atoms with E-state index in [1.807, 2.05) is 26.0 Å². The Kier molecular flexibility index (Phi) is 4.01. The standard InChI is InChI=1S/C13H14BrN3O2S/c1-8-5-10(14)6-9(2)13(8)17-20(18,19)11-3-4-16-12(15)7-11/h3-7,17H,1-2H3,(H2,15,16). The molecule has 106 valence electrons. The Balaban J connectivity index is 2.44. The zero-order chi connectivity index (χ0) is 14.9. The summed E-state index contributed by atoms with van der Waals surface area (Å²) in [5, 5.41) is 0. The van der Waals surface area contributed by atoms with Crippen molar-refractivity contribution in [3.05, 3.63) is 46.1 Å². The molecular weight excluding hydrogens is 342 g/mol. The average molecular weight is 356 g/mol. The van der Waals surface area contributed by atoms with Crippen LogP contribution in [0.3, 0.4) is 0 Å². The molecule has 20 heavy (non-hydrogen) atoms. The summed E-state index contributed by atoms with van der Waals surface area (Å²) >= 11 is 3.38. The van der Waals surface area contributed by atoms with E-state index in [9.17, 15) is 8.42 Å². The number of aromatic nitrogens is 1. The third-order valence-corrected chi connectivity index (χ3v) is 4.60. The van der Waals surface area contributed by atoms with Gasteiger partial charge in [0.1, 0.15) is 5.82 Å². The number of rotatable bonds is 3. The van der Waals surface area contributed by atoms with E-state index in [-0.39, 0.29) is 10.7 Å². The monoisotopic (exact) mass is 355 g/mol. The third kappa shape index (κ3) is 3.10. The zero-order valence-electron chi connectivity index (χ0n) is 11.0. The average Bonchev–Trinajstić information content (AvgIpc) is 2.34. The van der Waals surface area contributed by atoms with Crippen molar-refractivity contribution in [2.24, 2.45) is 0 Å². The first kappa shape index (κ1) is 14.8. The lowest BCUT2D eigenvalue weighted by molar-refractivity contribution is 0.601. The minimum atomic E-state index is -3.68. The molecule has 0 fully saturated rings. The zero-order valence-corrected chi connectivity index (χ0v) is 13.4. The van der Waals surface area contributed by atoms with Crippen LogP contribution in [0.25, 0.3) is 0 Å². The number of nitrogens with one attached hydrogen (secondary N) is 1. The maximum atomic E-state index is 12.3. The van der Waals surface area contributed by atoms with E-state index in [2.05, 4.69) is 25.6 Å². The summed E-state index contributed by atoms with van der Waals surface area (Å²) < 4.78 is 28.2. The van der Waals surface area contributed by atoms with Crippen LogP contribution < -0.4 is 10.5 Å². The predicted octanol–water partition coefficient (Wildman–Crippen LogP) is 2.84. The van der Waals surface area contributed by atoms with E-state index in [1.54, 1.807) is 0 Å². The molecule has 3 N–H and O–H groups in total. The van der Waals surface area contributed by atoms with E-state index < -0.39 is 10.0 Å². The molecule has 1 heterocycles. The van der Waals surface area contributed by atoms with Crippen LogP contribution in [0.4, 0.5) is 11.5 Å². The molecule has 0 amide bonds. The van der Waals surface area contributed by atoms with Crippen molar-refractivity contribution in [2.75, 3.05) is 10.5 Å². The molecule has 7 heteroatoms. The first-order valence-corrected chi connectivity index (χ1v) is 8.08. The summed E-state index contributed by atoms with van der Waals surface area (Å²) in [5.41, 5.74) is 7.76. The summed E-state index contributed by atoms with van der Waals surface area (Å²) in [6.07, 6.45) is 1.37. The van der Waals surface area contributed by atoms with Gasteiger partial charge in [-0.15, -0.1) is 0 Å². The molecule has 0 saturated heterocycles. The quantitative estimate of drug-likeness (QED) is 0.886. The molecule has 1 aromatic heterocycles. The Hall–Kier alpha value is -1.60. The van der Waals surface area contributed by atoms with E-state index in [1.165, 1.54) is 18.3 Å². The van der Waals surface area contributed by atoms with Crippen molar-refractivity contribution in [3.8, 4) is 0 Å². The Bertz CT molecular complexity index is 737. The Morgan fingerprint density at radius 3 is 2.35 bits per heavy atom. The van der Waals surface area contributed by atoms with Gasteiger partial charge in [-0.05, 0) is 43.2 Å². The second-order valence-corrected chi connectivity index (χ2v) is 7.03. The number of nitrogens with zero attached hydrogens (tertiary/aromatic N) is 1. The molecule has 0 aliphatic heterocycles. The van der Waals surface area contributed by atoms with Crippen LogP contribution in [-0.4, -0.2) is 13.4 Å². The smallest absolute Gasteiger partial charge is 0.262 e. The molecule has 2 aromatic rings. The summed E-state index contributed by atoms with van der Waals surface area (Å²) in [6.45, 7) is 3.69. The van der Waals surface area contributed by atoms with Gasteiger partial charge in [0.15, 0.2) is 0 Å². The molecule has 1 aromatic carbocycles. The molecule has 0 atom stereocenters. The molecule has 0 saturated carbocycles. The molecule has 0 unspecified atom stereocenters. The Morgan fingerprint density at radius 1 is 1.20 bits per heavy atom. The van der Waals surface area contributed by atoms with Gasteiger partial charge in [-0.3, -0.25) is 4.72 Å². The van der Waals surface area contributed by atoms with Crippen molar-refractivity contribution in [3.63, 3.8) is 0 Å². The van der Waals surface area contributed by atoms with Crippen molar-refractivity contribution >= 4 is 37.5 Å². The Labute approximate surface area is 126 Å². The van der Waals surface area contributed by atoms with Crippen molar-refractivity contribution < 1.29 is 8.42 Å². The lowest BCUT2D eigenvalue weighted by atomic mass is 10.1. The van der Waals surface area contributed by atoms with E-state index >= 15 is 0 Å². The van der Waals surface area contributed by atoms with Gasteiger partial charge in [-0.2, -0.15) is 0 Å². The van der Waals surface area contributed by atoms with Gasteiger partial charge in [-0.25, -0.2) is 13.4 Å². The van der Waals surface area contributed by atoms with E-state index in [4.69, 9.17) is 5.73 Å². The van der Waals surface area contributed by atoms with E-state index in [0.29, 0.717) is 5.69 Å².